The molecule has 1 fully saturated rings. The van der Waals surface area contributed by atoms with Crippen LogP contribution in [0.2, 0.25) is 0 Å². The lowest BCUT2D eigenvalue weighted by molar-refractivity contribution is 0.145. The van der Waals surface area contributed by atoms with E-state index in [0.29, 0.717) is 6.04 Å². The van der Waals surface area contributed by atoms with E-state index in [1.807, 2.05) is 6.92 Å². The predicted octanol–water partition coefficient (Wildman–Crippen LogP) is 3.61. The highest BCUT2D eigenvalue weighted by Gasteiger charge is 2.24. The topological polar surface area (TPSA) is 24.5 Å². The molecule has 21 heavy (non-hydrogen) atoms. The van der Waals surface area contributed by atoms with E-state index < -0.39 is 0 Å². The Labute approximate surface area is 129 Å². The summed E-state index contributed by atoms with van der Waals surface area (Å²) in [5, 5.41) is 3.69. The molecule has 1 aromatic carbocycles. The Kier molecular flexibility index (Phi) is 6.52. The number of likely N-dealkylation sites (N-methyl/N-ethyl adjacent to an activating group) is 1. The average Bonchev–Trinajstić information content (AvgIpc) is 2.43. The molecule has 1 saturated carbocycles. The van der Waals surface area contributed by atoms with Crippen molar-refractivity contribution in [3.8, 4) is 5.75 Å². The van der Waals surface area contributed by atoms with Gasteiger partial charge in [0.1, 0.15) is 5.75 Å². The second-order valence-electron chi connectivity index (χ2n) is 6.03. The first kappa shape index (κ1) is 16.3. The zero-order chi connectivity index (χ0) is 15.1. The minimum absolute atomic E-state index is 0.409. The second-order valence-corrected chi connectivity index (χ2v) is 6.03. The summed E-state index contributed by atoms with van der Waals surface area (Å²) < 4.78 is 5.54. The standard InChI is InChI=1S/C18H30N2O/c1-4-13-19-18(14-20(3)16-7-6-8-16)15-9-11-17(12-10-15)21-5-2/h9-12,16,18-19H,4-8,13-14H2,1-3H3. The molecule has 0 aromatic heterocycles. The van der Waals surface area contributed by atoms with E-state index in [2.05, 4.69) is 48.5 Å². The van der Waals surface area contributed by atoms with Crippen LogP contribution in [0.4, 0.5) is 0 Å². The van der Waals surface area contributed by atoms with Gasteiger partial charge in [0.2, 0.25) is 0 Å². The van der Waals surface area contributed by atoms with E-state index in [9.17, 15) is 0 Å². The van der Waals surface area contributed by atoms with Crippen LogP contribution in [0.15, 0.2) is 24.3 Å². The van der Waals surface area contributed by atoms with E-state index in [1.54, 1.807) is 0 Å². The fourth-order valence-corrected chi connectivity index (χ4v) is 2.83. The van der Waals surface area contributed by atoms with Gasteiger partial charge in [-0.25, -0.2) is 0 Å². The van der Waals surface area contributed by atoms with Crippen molar-refractivity contribution < 1.29 is 4.74 Å². The molecule has 3 nitrogen and oxygen atoms in total. The molecule has 1 atom stereocenters. The Balaban J connectivity index is 1.99. The van der Waals surface area contributed by atoms with Crippen LogP contribution in [0.25, 0.3) is 0 Å². The van der Waals surface area contributed by atoms with Crippen molar-refractivity contribution in [2.75, 3.05) is 26.7 Å². The quantitative estimate of drug-likeness (QED) is 0.752. The van der Waals surface area contributed by atoms with Gasteiger partial charge in [-0.15, -0.1) is 0 Å². The lowest BCUT2D eigenvalue weighted by Gasteiger charge is -2.37. The minimum atomic E-state index is 0.409. The lowest BCUT2D eigenvalue weighted by atomic mass is 9.91. The molecule has 3 heteroatoms. The van der Waals surface area contributed by atoms with Crippen LogP contribution in [-0.4, -0.2) is 37.7 Å². The SMILES string of the molecule is CCCNC(CN(C)C1CCC1)c1ccc(OCC)cc1. The van der Waals surface area contributed by atoms with Crippen molar-refractivity contribution >= 4 is 0 Å². The Hall–Kier alpha value is -1.06. The zero-order valence-electron chi connectivity index (χ0n) is 13.8. The maximum Gasteiger partial charge on any atom is 0.119 e. The Morgan fingerprint density at radius 3 is 2.48 bits per heavy atom. The number of nitrogens with one attached hydrogen (secondary N) is 1. The zero-order valence-corrected chi connectivity index (χ0v) is 13.8. The molecule has 0 heterocycles. The number of nitrogens with zero attached hydrogens (tertiary/aromatic N) is 1. The van der Waals surface area contributed by atoms with Crippen LogP contribution < -0.4 is 10.1 Å². The van der Waals surface area contributed by atoms with Gasteiger partial charge in [0.05, 0.1) is 6.61 Å². The Morgan fingerprint density at radius 1 is 1.24 bits per heavy atom. The fourth-order valence-electron chi connectivity index (χ4n) is 2.83. The summed E-state index contributed by atoms with van der Waals surface area (Å²) in [6, 6.07) is 9.77. The molecule has 0 aliphatic heterocycles. The molecule has 1 N–H and O–H groups in total. The molecular weight excluding hydrogens is 260 g/mol. The van der Waals surface area contributed by atoms with Crippen molar-refractivity contribution in [3.63, 3.8) is 0 Å². The smallest absolute Gasteiger partial charge is 0.119 e. The summed E-state index contributed by atoms with van der Waals surface area (Å²) in [5.41, 5.74) is 1.36. The molecule has 0 saturated heterocycles. The molecule has 0 spiro atoms. The highest BCUT2D eigenvalue weighted by Crippen LogP contribution is 2.26. The van der Waals surface area contributed by atoms with Gasteiger partial charge in [-0.1, -0.05) is 25.5 Å². The van der Waals surface area contributed by atoms with Crippen LogP contribution in [0.3, 0.4) is 0 Å². The van der Waals surface area contributed by atoms with E-state index >= 15 is 0 Å². The summed E-state index contributed by atoms with van der Waals surface area (Å²) >= 11 is 0. The molecule has 2 rings (SSSR count). The highest BCUT2D eigenvalue weighted by atomic mass is 16.5. The van der Waals surface area contributed by atoms with Crippen molar-refractivity contribution in [3.05, 3.63) is 29.8 Å². The minimum Gasteiger partial charge on any atom is -0.494 e. The van der Waals surface area contributed by atoms with E-state index in [1.165, 1.54) is 31.2 Å². The van der Waals surface area contributed by atoms with Crippen molar-refractivity contribution in [2.45, 2.75) is 51.6 Å². The first-order valence-electron chi connectivity index (χ1n) is 8.41. The number of hydrogen-bond donors (Lipinski definition) is 1. The third kappa shape index (κ3) is 4.72. The van der Waals surface area contributed by atoms with Crippen molar-refractivity contribution in [1.82, 2.24) is 10.2 Å². The Morgan fingerprint density at radius 2 is 1.95 bits per heavy atom. The number of ether oxygens (including phenoxy) is 1. The second kappa shape index (κ2) is 8.40. The summed E-state index contributed by atoms with van der Waals surface area (Å²) in [4.78, 5) is 2.52. The van der Waals surface area contributed by atoms with E-state index in [4.69, 9.17) is 4.74 Å². The largest absolute Gasteiger partial charge is 0.494 e. The maximum atomic E-state index is 5.54. The molecule has 1 aliphatic rings. The van der Waals surface area contributed by atoms with Gasteiger partial charge in [-0.2, -0.15) is 0 Å². The first-order valence-corrected chi connectivity index (χ1v) is 8.41. The normalized spacial score (nSPS) is 16.8. The van der Waals surface area contributed by atoms with Crippen LogP contribution >= 0.6 is 0 Å². The Bertz CT molecular complexity index is 400. The third-order valence-electron chi connectivity index (χ3n) is 4.40. The van der Waals surface area contributed by atoms with Crippen molar-refractivity contribution in [1.29, 1.82) is 0 Å². The fraction of sp³-hybridized carbons (Fsp3) is 0.667. The molecule has 0 bridgehead atoms. The molecular formula is C18H30N2O. The summed E-state index contributed by atoms with van der Waals surface area (Å²) in [6.07, 6.45) is 5.28. The van der Waals surface area contributed by atoms with Gasteiger partial charge in [0, 0.05) is 18.6 Å². The van der Waals surface area contributed by atoms with Gasteiger partial charge < -0.3 is 15.0 Å². The third-order valence-corrected chi connectivity index (χ3v) is 4.40. The van der Waals surface area contributed by atoms with Gasteiger partial charge >= 0.3 is 0 Å². The van der Waals surface area contributed by atoms with E-state index in [-0.39, 0.29) is 0 Å². The number of benzene rings is 1. The summed E-state index contributed by atoms with van der Waals surface area (Å²) in [6.45, 7) is 7.11. The molecule has 1 unspecified atom stereocenters. The van der Waals surface area contributed by atoms with E-state index in [0.717, 1.165) is 31.5 Å². The predicted molar refractivity (Wildman–Crippen MR) is 88.9 cm³/mol. The van der Waals surface area contributed by atoms with Gasteiger partial charge in [-0.3, -0.25) is 0 Å². The molecule has 118 valence electrons. The maximum absolute atomic E-state index is 5.54. The van der Waals surface area contributed by atoms with Crippen LogP contribution in [0.5, 0.6) is 5.75 Å². The number of rotatable bonds is 9. The lowest BCUT2D eigenvalue weighted by Crippen LogP contribution is -2.42. The van der Waals surface area contributed by atoms with Crippen LogP contribution in [-0.2, 0) is 0 Å². The van der Waals surface area contributed by atoms with Gasteiger partial charge in [0.25, 0.3) is 0 Å². The molecule has 0 radical (unpaired) electrons. The van der Waals surface area contributed by atoms with Gasteiger partial charge in [-0.05, 0) is 57.5 Å². The molecule has 0 amide bonds. The molecule has 1 aromatic rings. The van der Waals surface area contributed by atoms with Crippen molar-refractivity contribution in [2.24, 2.45) is 0 Å². The summed E-state index contributed by atoms with van der Waals surface area (Å²) in [7, 11) is 2.26. The average molecular weight is 290 g/mol. The first-order chi connectivity index (χ1) is 10.2. The van der Waals surface area contributed by atoms with Crippen LogP contribution in [0, 0.1) is 0 Å². The molecule has 1 aliphatic carbocycles. The van der Waals surface area contributed by atoms with Gasteiger partial charge in [0.15, 0.2) is 0 Å². The summed E-state index contributed by atoms with van der Waals surface area (Å²) in [5.74, 6) is 0.961. The van der Waals surface area contributed by atoms with Crippen LogP contribution in [0.1, 0.15) is 51.1 Å². The highest BCUT2D eigenvalue weighted by molar-refractivity contribution is 5.29. The monoisotopic (exact) mass is 290 g/mol. The number of hydrogen-bond acceptors (Lipinski definition) is 3.